The smallest absolute Gasteiger partial charge is 0.249 e. The summed E-state index contributed by atoms with van der Waals surface area (Å²) >= 11 is 6.67. The van der Waals surface area contributed by atoms with Crippen LogP contribution in [0.3, 0.4) is 0 Å². The van der Waals surface area contributed by atoms with Crippen molar-refractivity contribution in [3.63, 3.8) is 0 Å². The number of halogens is 3. The van der Waals surface area contributed by atoms with Gasteiger partial charge in [0, 0.05) is 40.2 Å². The predicted molar refractivity (Wildman–Crippen MR) is 142 cm³/mol. The van der Waals surface area contributed by atoms with Crippen molar-refractivity contribution < 1.29 is 23.4 Å². The number of hydrogen-bond donors (Lipinski definition) is 3. The molecular weight excluding hydrogens is 510 g/mol. The van der Waals surface area contributed by atoms with E-state index in [4.69, 9.17) is 22.1 Å². The van der Waals surface area contributed by atoms with Crippen LogP contribution < -0.4 is 15.8 Å². The molecule has 4 aliphatic rings. The molecule has 0 bridgehead atoms. The van der Waals surface area contributed by atoms with Crippen molar-refractivity contribution in [2.75, 3.05) is 6.54 Å². The standard InChI is InChI=1S/C30H31ClF2N2O3/c1-15-23-21(38-30(15,22-9-6-12-35-22)17-7-4-3-5-8-17)14-19(32)27(31)24(23)26-18(28(34)37)13-16-10-11-20(36)25(16)29(26,2)33/h3-5,7-8,13-15,20,22,25,35-36H,6,9-12H2,1-2H3,(H2,34,37)/t15-,20?,22-,25?,29?,30-/m0/s1. The molecule has 2 fully saturated rings. The molecular formula is C30H31ClF2N2O3. The van der Waals surface area contributed by atoms with E-state index >= 15 is 8.78 Å². The number of benzene rings is 2. The Kier molecular flexibility index (Phi) is 5.98. The summed E-state index contributed by atoms with van der Waals surface area (Å²) in [6, 6.07) is 10.9. The minimum absolute atomic E-state index is 0.0477. The van der Waals surface area contributed by atoms with Gasteiger partial charge in [0.25, 0.3) is 0 Å². The lowest BCUT2D eigenvalue weighted by molar-refractivity contribution is -0.114. The van der Waals surface area contributed by atoms with Crippen LogP contribution in [0, 0.1) is 11.7 Å². The van der Waals surface area contributed by atoms with Crippen LogP contribution in [0.15, 0.2) is 53.6 Å². The molecule has 2 heterocycles. The normalized spacial score (nSPS) is 34.1. The van der Waals surface area contributed by atoms with Gasteiger partial charge in [-0.3, -0.25) is 4.79 Å². The van der Waals surface area contributed by atoms with Gasteiger partial charge in [0.2, 0.25) is 5.91 Å². The Morgan fingerprint density at radius 1 is 1.26 bits per heavy atom. The number of aliphatic hydroxyl groups excluding tert-OH is 1. The zero-order valence-corrected chi connectivity index (χ0v) is 22.1. The highest BCUT2D eigenvalue weighted by Crippen LogP contribution is 2.60. The van der Waals surface area contributed by atoms with E-state index in [0.717, 1.165) is 24.9 Å². The number of nitrogens with one attached hydrogen (secondary N) is 1. The topological polar surface area (TPSA) is 84.6 Å². The Morgan fingerprint density at radius 2 is 2.00 bits per heavy atom. The number of primary amides is 1. The van der Waals surface area contributed by atoms with Gasteiger partial charge in [-0.2, -0.15) is 0 Å². The first-order chi connectivity index (χ1) is 18.1. The van der Waals surface area contributed by atoms with Crippen molar-refractivity contribution in [1.29, 1.82) is 0 Å². The van der Waals surface area contributed by atoms with Crippen molar-refractivity contribution in [3.05, 3.63) is 81.2 Å². The Hall–Kier alpha value is -2.74. The summed E-state index contributed by atoms with van der Waals surface area (Å²) in [7, 11) is 0. The van der Waals surface area contributed by atoms with Crippen LogP contribution in [0.5, 0.6) is 5.75 Å². The lowest BCUT2D eigenvalue weighted by Gasteiger charge is -2.40. The van der Waals surface area contributed by atoms with Gasteiger partial charge in [-0.25, -0.2) is 8.78 Å². The molecule has 1 saturated carbocycles. The van der Waals surface area contributed by atoms with Crippen molar-refractivity contribution >= 4 is 23.1 Å². The molecule has 2 aromatic carbocycles. The number of fused-ring (bicyclic) bond motifs is 2. The zero-order chi connectivity index (χ0) is 27.0. The van der Waals surface area contributed by atoms with Gasteiger partial charge in [-0.15, -0.1) is 0 Å². The molecule has 4 N–H and O–H groups in total. The van der Waals surface area contributed by atoms with Gasteiger partial charge in [-0.1, -0.05) is 54.4 Å². The molecule has 3 unspecified atom stereocenters. The molecule has 2 aliphatic heterocycles. The van der Waals surface area contributed by atoms with E-state index in [1.54, 1.807) is 6.08 Å². The monoisotopic (exact) mass is 540 g/mol. The number of allylic oxidation sites excluding steroid dienone is 1. The molecule has 5 nitrogen and oxygen atoms in total. The minimum Gasteiger partial charge on any atom is -0.480 e. The van der Waals surface area contributed by atoms with E-state index in [2.05, 4.69) is 5.32 Å². The first kappa shape index (κ1) is 25.5. The fraction of sp³-hybridized carbons (Fsp3) is 0.433. The van der Waals surface area contributed by atoms with E-state index in [0.29, 0.717) is 24.0 Å². The first-order valence-electron chi connectivity index (χ1n) is 13.2. The maximum atomic E-state index is 17.1. The first-order valence-corrected chi connectivity index (χ1v) is 13.6. The highest BCUT2D eigenvalue weighted by Gasteiger charge is 2.57. The highest BCUT2D eigenvalue weighted by atomic mass is 35.5. The molecule has 8 heteroatoms. The van der Waals surface area contributed by atoms with Crippen molar-refractivity contribution in [3.8, 4) is 5.75 Å². The molecule has 2 aliphatic carbocycles. The Balaban J connectivity index is 1.64. The van der Waals surface area contributed by atoms with Crippen LogP contribution in [-0.4, -0.2) is 35.4 Å². The third-order valence-corrected chi connectivity index (χ3v) is 9.45. The van der Waals surface area contributed by atoms with Gasteiger partial charge in [-0.05, 0) is 50.8 Å². The Labute approximate surface area is 225 Å². The molecule has 38 heavy (non-hydrogen) atoms. The molecule has 2 aromatic rings. The summed E-state index contributed by atoms with van der Waals surface area (Å²) in [5.74, 6) is -2.61. The van der Waals surface area contributed by atoms with Gasteiger partial charge < -0.3 is 20.9 Å². The Bertz CT molecular complexity index is 1380. The SMILES string of the molecule is C[C@H]1c2c(cc(F)c(Cl)c2C2=C(C(N)=O)C=C3CCC(O)C3C2(C)F)O[C@@]1(c1ccccc1)[C@@H]1CCCN1. The number of alkyl halides is 1. The average Bonchev–Trinajstić information content (AvgIpc) is 3.61. The van der Waals surface area contributed by atoms with Crippen LogP contribution in [-0.2, 0) is 10.4 Å². The third kappa shape index (κ3) is 3.44. The minimum atomic E-state index is -2.22. The summed E-state index contributed by atoms with van der Waals surface area (Å²) in [4.78, 5) is 12.7. The summed E-state index contributed by atoms with van der Waals surface area (Å²) in [5.41, 5.74) is 4.71. The van der Waals surface area contributed by atoms with Crippen LogP contribution in [0.1, 0.15) is 62.1 Å². The lowest BCUT2D eigenvalue weighted by Crippen LogP contribution is -2.50. The Morgan fingerprint density at radius 3 is 2.66 bits per heavy atom. The van der Waals surface area contributed by atoms with E-state index in [9.17, 15) is 9.90 Å². The fourth-order valence-electron chi connectivity index (χ4n) is 7.50. The van der Waals surface area contributed by atoms with Gasteiger partial charge in [0.15, 0.2) is 5.60 Å². The lowest BCUT2D eigenvalue weighted by atomic mass is 9.68. The van der Waals surface area contributed by atoms with Crippen LogP contribution in [0.25, 0.3) is 5.57 Å². The fourth-order valence-corrected chi connectivity index (χ4v) is 7.75. The number of hydrogen-bond acceptors (Lipinski definition) is 4. The quantitative estimate of drug-likeness (QED) is 0.491. The molecule has 0 aromatic heterocycles. The molecule has 200 valence electrons. The van der Waals surface area contributed by atoms with Crippen molar-refractivity contribution in [1.82, 2.24) is 5.32 Å². The number of amides is 1. The number of rotatable bonds is 4. The largest absolute Gasteiger partial charge is 0.480 e. The van der Waals surface area contributed by atoms with Gasteiger partial charge in [0.05, 0.1) is 17.2 Å². The second-order valence-corrected chi connectivity index (χ2v) is 11.5. The molecule has 1 amide bonds. The number of nitrogens with two attached hydrogens (primary N) is 1. The second kappa shape index (κ2) is 8.90. The highest BCUT2D eigenvalue weighted by molar-refractivity contribution is 6.33. The zero-order valence-electron chi connectivity index (χ0n) is 21.4. The van der Waals surface area contributed by atoms with Gasteiger partial charge in [0.1, 0.15) is 17.2 Å². The summed E-state index contributed by atoms with van der Waals surface area (Å²) in [6.07, 6.45) is 3.25. The van der Waals surface area contributed by atoms with E-state index in [1.807, 2.05) is 37.3 Å². The summed E-state index contributed by atoms with van der Waals surface area (Å²) < 4.78 is 39.3. The number of carbonyl (C=O) groups is 1. The van der Waals surface area contributed by atoms with E-state index in [1.165, 1.54) is 13.0 Å². The molecule has 0 radical (unpaired) electrons. The van der Waals surface area contributed by atoms with Crippen molar-refractivity contribution in [2.24, 2.45) is 11.7 Å². The van der Waals surface area contributed by atoms with Crippen LogP contribution in [0.2, 0.25) is 5.02 Å². The molecule has 6 rings (SSSR count). The van der Waals surface area contributed by atoms with Crippen LogP contribution in [0.4, 0.5) is 8.78 Å². The maximum absolute atomic E-state index is 17.1. The number of aliphatic hydroxyl groups is 1. The molecule has 6 atom stereocenters. The van der Waals surface area contributed by atoms with E-state index < -0.39 is 35.0 Å². The maximum Gasteiger partial charge on any atom is 0.249 e. The van der Waals surface area contributed by atoms with E-state index in [-0.39, 0.29) is 39.4 Å². The van der Waals surface area contributed by atoms with Crippen molar-refractivity contribution in [2.45, 2.75) is 68.9 Å². The molecule has 0 spiro atoms. The van der Waals surface area contributed by atoms with Crippen LogP contribution >= 0.6 is 11.6 Å². The second-order valence-electron chi connectivity index (χ2n) is 11.1. The number of ether oxygens (including phenoxy) is 1. The summed E-state index contributed by atoms with van der Waals surface area (Å²) in [5, 5.41) is 14.0. The van der Waals surface area contributed by atoms with Gasteiger partial charge >= 0.3 is 0 Å². The third-order valence-electron chi connectivity index (χ3n) is 9.08. The predicted octanol–water partition coefficient (Wildman–Crippen LogP) is 5.30. The molecule has 1 saturated heterocycles. The summed E-state index contributed by atoms with van der Waals surface area (Å²) in [6.45, 7) is 4.13. The number of carbonyl (C=O) groups excluding carboxylic acids is 1. The average molecular weight is 541 g/mol.